The summed E-state index contributed by atoms with van der Waals surface area (Å²) in [4.78, 5) is 12.1. The van der Waals surface area contributed by atoms with Gasteiger partial charge in [-0.2, -0.15) is 0 Å². The Kier molecular flexibility index (Phi) is 5.72. The number of hydrogen-bond donors (Lipinski definition) is 1. The molecule has 1 N–H and O–H groups in total. The predicted molar refractivity (Wildman–Crippen MR) is 83.8 cm³/mol. The molecule has 2 atom stereocenters. The van der Waals surface area contributed by atoms with Gasteiger partial charge in [0.25, 0.3) is 0 Å². The van der Waals surface area contributed by atoms with Gasteiger partial charge in [0, 0.05) is 20.0 Å². The number of amides is 1. The molecular formula is C15H21FN2O4S. The number of nitrogens with zero attached hydrogens (tertiary/aromatic N) is 1. The number of ether oxygens (including phenoxy) is 1. The molecule has 0 spiro atoms. The van der Waals surface area contributed by atoms with Gasteiger partial charge in [-0.05, 0) is 17.7 Å². The monoisotopic (exact) mass is 344 g/mol. The summed E-state index contributed by atoms with van der Waals surface area (Å²) in [6, 6.07) is 5.48. The van der Waals surface area contributed by atoms with E-state index in [0.29, 0.717) is 5.56 Å². The summed E-state index contributed by atoms with van der Waals surface area (Å²) >= 11 is 0. The van der Waals surface area contributed by atoms with Gasteiger partial charge in [-0.25, -0.2) is 17.1 Å². The average molecular weight is 344 g/mol. The van der Waals surface area contributed by atoms with Gasteiger partial charge in [-0.1, -0.05) is 12.1 Å². The standard InChI is InChI=1S/C15H21FN2O4S/c1-18(2)23(20,21)10-12-8-22-9-14(12)17-15(19)7-11-4-3-5-13(16)6-11/h3-6,12,14H,7-10H2,1-2H3,(H,17,19)/t12-,14-/m0/s1. The van der Waals surface area contributed by atoms with Crippen molar-refractivity contribution in [3.8, 4) is 0 Å². The molecule has 23 heavy (non-hydrogen) atoms. The number of sulfonamides is 1. The highest BCUT2D eigenvalue weighted by Crippen LogP contribution is 2.17. The molecule has 8 heteroatoms. The lowest BCUT2D eigenvalue weighted by Gasteiger charge is -2.21. The Balaban J connectivity index is 1.94. The molecular weight excluding hydrogens is 323 g/mol. The van der Waals surface area contributed by atoms with Gasteiger partial charge in [-0.15, -0.1) is 0 Å². The highest BCUT2D eigenvalue weighted by Gasteiger charge is 2.34. The minimum atomic E-state index is -3.36. The van der Waals surface area contributed by atoms with Crippen LogP contribution in [-0.4, -0.2) is 57.7 Å². The van der Waals surface area contributed by atoms with E-state index in [1.54, 1.807) is 12.1 Å². The molecule has 0 radical (unpaired) electrons. The van der Waals surface area contributed by atoms with Crippen LogP contribution in [0, 0.1) is 11.7 Å². The lowest BCUT2D eigenvalue weighted by atomic mass is 10.1. The third-order valence-electron chi connectivity index (χ3n) is 3.78. The van der Waals surface area contributed by atoms with Crippen molar-refractivity contribution in [1.82, 2.24) is 9.62 Å². The van der Waals surface area contributed by atoms with Crippen LogP contribution in [0.5, 0.6) is 0 Å². The number of rotatable bonds is 6. The van der Waals surface area contributed by atoms with Crippen molar-refractivity contribution in [2.24, 2.45) is 5.92 Å². The Morgan fingerprint density at radius 3 is 2.78 bits per heavy atom. The molecule has 1 aliphatic rings. The SMILES string of the molecule is CN(C)S(=O)(=O)C[C@@H]1COC[C@@H]1NC(=O)Cc1cccc(F)c1. The van der Waals surface area contributed by atoms with E-state index in [1.807, 2.05) is 0 Å². The molecule has 0 aromatic heterocycles. The van der Waals surface area contributed by atoms with Gasteiger partial charge in [0.2, 0.25) is 15.9 Å². The van der Waals surface area contributed by atoms with Crippen molar-refractivity contribution in [2.45, 2.75) is 12.5 Å². The topological polar surface area (TPSA) is 75.7 Å². The zero-order valence-electron chi connectivity index (χ0n) is 13.2. The van der Waals surface area contributed by atoms with E-state index < -0.39 is 15.8 Å². The summed E-state index contributed by atoms with van der Waals surface area (Å²) in [5, 5.41) is 2.79. The van der Waals surface area contributed by atoms with Crippen LogP contribution in [0.1, 0.15) is 5.56 Å². The van der Waals surface area contributed by atoms with Gasteiger partial charge in [0.1, 0.15) is 5.82 Å². The Morgan fingerprint density at radius 1 is 1.39 bits per heavy atom. The molecule has 1 fully saturated rings. The van der Waals surface area contributed by atoms with Crippen LogP contribution in [0.2, 0.25) is 0 Å². The Morgan fingerprint density at radius 2 is 2.13 bits per heavy atom. The van der Waals surface area contributed by atoms with Gasteiger partial charge in [0.05, 0.1) is 31.4 Å². The first-order valence-corrected chi connectivity index (χ1v) is 8.90. The molecule has 1 aromatic carbocycles. The maximum absolute atomic E-state index is 13.1. The van der Waals surface area contributed by atoms with Crippen molar-refractivity contribution in [1.29, 1.82) is 0 Å². The van der Waals surface area contributed by atoms with Gasteiger partial charge in [0.15, 0.2) is 0 Å². The van der Waals surface area contributed by atoms with Crippen molar-refractivity contribution in [2.75, 3.05) is 33.1 Å². The normalized spacial score (nSPS) is 21.6. The molecule has 6 nitrogen and oxygen atoms in total. The molecule has 0 aliphatic carbocycles. The quantitative estimate of drug-likeness (QED) is 0.810. The van der Waals surface area contributed by atoms with Crippen LogP contribution >= 0.6 is 0 Å². The molecule has 128 valence electrons. The molecule has 0 unspecified atom stereocenters. The van der Waals surface area contributed by atoms with E-state index in [-0.39, 0.29) is 43.3 Å². The Bertz CT molecular complexity index is 663. The first kappa shape index (κ1) is 17.8. The van der Waals surface area contributed by atoms with Crippen molar-refractivity contribution in [3.63, 3.8) is 0 Å². The third kappa shape index (κ3) is 4.98. The number of carbonyl (C=O) groups is 1. The van der Waals surface area contributed by atoms with Crippen molar-refractivity contribution >= 4 is 15.9 Å². The summed E-state index contributed by atoms with van der Waals surface area (Å²) in [7, 11) is -0.413. The summed E-state index contributed by atoms with van der Waals surface area (Å²) < 4.78 is 43.5. The number of carbonyl (C=O) groups excluding carboxylic acids is 1. The second kappa shape index (κ2) is 7.37. The van der Waals surface area contributed by atoms with Crippen molar-refractivity contribution in [3.05, 3.63) is 35.6 Å². The molecule has 1 saturated heterocycles. The minimum absolute atomic E-state index is 0.0431. The molecule has 1 heterocycles. The van der Waals surface area contributed by atoms with Crippen LogP contribution in [0.4, 0.5) is 4.39 Å². The largest absolute Gasteiger partial charge is 0.379 e. The van der Waals surface area contributed by atoms with Crippen molar-refractivity contribution < 1.29 is 22.3 Å². The predicted octanol–water partition coefficient (Wildman–Crippen LogP) is 0.391. The fourth-order valence-electron chi connectivity index (χ4n) is 2.43. The molecule has 2 rings (SSSR count). The second-order valence-corrected chi connectivity index (χ2v) is 8.07. The van der Waals surface area contributed by atoms with Crippen LogP contribution in [0.25, 0.3) is 0 Å². The number of hydrogen-bond acceptors (Lipinski definition) is 4. The van der Waals surface area contributed by atoms with E-state index in [0.717, 1.165) is 4.31 Å². The summed E-state index contributed by atoms with van der Waals surface area (Å²) in [5.74, 6) is -1.04. The minimum Gasteiger partial charge on any atom is -0.379 e. The smallest absolute Gasteiger partial charge is 0.224 e. The van der Waals surface area contributed by atoms with Gasteiger partial charge < -0.3 is 10.1 Å². The zero-order valence-corrected chi connectivity index (χ0v) is 14.0. The van der Waals surface area contributed by atoms with E-state index >= 15 is 0 Å². The maximum atomic E-state index is 13.1. The summed E-state index contributed by atoms with van der Waals surface area (Å²) in [6.07, 6.45) is 0.0431. The van der Waals surface area contributed by atoms with Crippen LogP contribution in [0.3, 0.4) is 0 Å². The van der Waals surface area contributed by atoms with E-state index in [1.165, 1.54) is 26.2 Å². The molecule has 1 amide bonds. The fourth-order valence-corrected chi connectivity index (χ4v) is 3.60. The van der Waals surface area contributed by atoms with Crippen LogP contribution in [0.15, 0.2) is 24.3 Å². The highest BCUT2D eigenvalue weighted by molar-refractivity contribution is 7.89. The lowest BCUT2D eigenvalue weighted by Crippen LogP contribution is -2.44. The van der Waals surface area contributed by atoms with Crippen LogP contribution in [-0.2, 0) is 26.0 Å². The molecule has 1 aromatic rings. The van der Waals surface area contributed by atoms with E-state index in [4.69, 9.17) is 4.74 Å². The van der Waals surface area contributed by atoms with E-state index in [9.17, 15) is 17.6 Å². The second-order valence-electron chi connectivity index (χ2n) is 5.84. The summed E-state index contributed by atoms with van der Waals surface area (Å²) in [5.41, 5.74) is 0.568. The van der Waals surface area contributed by atoms with Gasteiger partial charge >= 0.3 is 0 Å². The lowest BCUT2D eigenvalue weighted by molar-refractivity contribution is -0.121. The molecule has 0 bridgehead atoms. The Labute approximate surface area is 135 Å². The number of halogens is 1. The van der Waals surface area contributed by atoms with Crippen LogP contribution < -0.4 is 5.32 Å². The Hall–Kier alpha value is -1.51. The number of benzene rings is 1. The molecule has 0 saturated carbocycles. The summed E-state index contributed by atoms with van der Waals surface area (Å²) in [6.45, 7) is 0.570. The van der Waals surface area contributed by atoms with E-state index in [2.05, 4.69) is 5.32 Å². The highest BCUT2D eigenvalue weighted by atomic mass is 32.2. The number of nitrogens with one attached hydrogen (secondary N) is 1. The van der Waals surface area contributed by atoms with Gasteiger partial charge in [-0.3, -0.25) is 4.79 Å². The fraction of sp³-hybridized carbons (Fsp3) is 0.533. The molecule has 1 aliphatic heterocycles. The zero-order chi connectivity index (χ0) is 17.0. The average Bonchev–Trinajstić information content (AvgIpc) is 2.84. The third-order valence-corrected chi connectivity index (χ3v) is 5.74. The maximum Gasteiger partial charge on any atom is 0.224 e. The first-order valence-electron chi connectivity index (χ1n) is 7.29. The first-order chi connectivity index (χ1) is 10.8.